The zero-order valence-electron chi connectivity index (χ0n) is 49.2. The summed E-state index contributed by atoms with van der Waals surface area (Å²) in [6.45, 7) is 7.12. The molecule has 0 bridgehead atoms. The molecule has 3 amide bonds. The summed E-state index contributed by atoms with van der Waals surface area (Å²) >= 11 is 0. The van der Waals surface area contributed by atoms with E-state index < -0.39 is 17.7 Å². The number of primary amides is 3. The van der Waals surface area contributed by atoms with Gasteiger partial charge in [-0.15, -0.1) is 5.10 Å². The third kappa shape index (κ3) is 16.8. The number of methoxy groups -OCH3 is 1. The minimum Gasteiger partial charge on any atom is -0.480 e. The molecule has 6 heterocycles. The Morgan fingerprint density at radius 1 is 0.471 bits per heavy atom. The second-order valence-corrected chi connectivity index (χ2v) is 22.0. The summed E-state index contributed by atoms with van der Waals surface area (Å²) in [5.41, 5.74) is 24.7. The molecule has 3 aromatic heterocycles. The minimum absolute atomic E-state index is 0.339. The van der Waals surface area contributed by atoms with E-state index in [-0.39, 0.29) is 0 Å². The Morgan fingerprint density at radius 3 is 1.43 bits per heavy atom. The smallest absolute Gasteiger partial charge is 0.250 e. The minimum atomic E-state index is -0.500. The Balaban J connectivity index is 0.000000145. The molecule has 3 aliphatic heterocycles. The normalized spacial score (nSPS) is 16.8. The van der Waals surface area contributed by atoms with Crippen molar-refractivity contribution in [3.05, 3.63) is 251 Å². The summed E-state index contributed by atoms with van der Waals surface area (Å²) in [4.78, 5) is 49.2. The number of hydrogen-bond donors (Lipinski definition) is 3. The van der Waals surface area contributed by atoms with Crippen molar-refractivity contribution < 1.29 is 33.3 Å². The van der Waals surface area contributed by atoms with Crippen LogP contribution in [0.25, 0.3) is 0 Å². The van der Waals surface area contributed by atoms with E-state index in [2.05, 4.69) is 127 Å². The van der Waals surface area contributed by atoms with Gasteiger partial charge in [-0.25, -0.2) is 9.97 Å². The Bertz CT molecular complexity index is 3650. The molecule has 6 aromatic carbocycles. The molecule has 0 radical (unpaired) electrons. The maximum absolute atomic E-state index is 11.2. The molecule has 446 valence electrons. The van der Waals surface area contributed by atoms with Crippen LogP contribution in [0.2, 0.25) is 0 Å². The van der Waals surface area contributed by atoms with Crippen molar-refractivity contribution in [2.75, 3.05) is 33.3 Å². The number of benzene rings is 6. The van der Waals surface area contributed by atoms with Crippen molar-refractivity contribution >= 4 is 17.7 Å². The van der Waals surface area contributed by atoms with Crippen LogP contribution in [0.4, 0.5) is 0 Å². The predicted octanol–water partition coefficient (Wildman–Crippen LogP) is 12.3. The number of hydrogen-bond acceptors (Lipinski definition) is 13. The fourth-order valence-corrected chi connectivity index (χ4v) is 11.4. The van der Waals surface area contributed by atoms with E-state index in [1.165, 1.54) is 78.0 Å². The Kier molecular flexibility index (Phi) is 20.4. The first-order chi connectivity index (χ1) is 42.4. The average molecular weight is 1170 g/mol. The van der Waals surface area contributed by atoms with E-state index in [1.807, 2.05) is 54.2 Å². The molecule has 87 heavy (non-hydrogen) atoms. The summed E-state index contributed by atoms with van der Waals surface area (Å²) in [6.07, 6.45) is 10.1. The quantitative estimate of drug-likeness (QED) is 0.0687. The highest BCUT2D eigenvalue weighted by atomic mass is 16.5. The first-order valence-corrected chi connectivity index (χ1v) is 29.5. The van der Waals surface area contributed by atoms with E-state index in [9.17, 15) is 14.4 Å². The van der Waals surface area contributed by atoms with Crippen LogP contribution in [0, 0.1) is 0 Å². The fraction of sp³-hybridized carbons (Fsp3) is 0.257. The van der Waals surface area contributed by atoms with Gasteiger partial charge in [-0.05, 0) is 158 Å². The average Bonchev–Trinajstić information content (AvgIpc) is 3.93. The number of carbonyl (C=O) groups excluding carboxylic acids is 3. The lowest BCUT2D eigenvalue weighted by Crippen LogP contribution is -2.32. The van der Waals surface area contributed by atoms with Crippen molar-refractivity contribution in [1.29, 1.82) is 0 Å². The number of aromatic nitrogens is 4. The van der Waals surface area contributed by atoms with Crippen LogP contribution in [0.5, 0.6) is 40.6 Å². The number of ether oxygens (including phenoxy) is 4. The molecule has 3 unspecified atom stereocenters. The molecular weight excluding hydrogens is 1090 g/mol. The molecule has 3 fully saturated rings. The molecule has 6 N–H and O–H groups in total. The van der Waals surface area contributed by atoms with Crippen molar-refractivity contribution in [3.8, 4) is 40.6 Å². The Labute approximate surface area is 508 Å². The SMILES string of the molecule is COc1cc(C2CCCN2Cc2ccc(Oc3ccc(C(N)=O)cc3)cc2)n(C)n1.NC(=O)c1ccc(Oc2ccc(CN3CCC(c4ccccc4)C3)cc2)nc1.NC(=O)c1ccc(Oc2ccc(CN3CCCCC3c3ccccc3)cc2)nc1. The number of amides is 3. The maximum atomic E-state index is 11.2. The van der Waals surface area contributed by atoms with Crippen LogP contribution in [-0.4, -0.2) is 85.5 Å². The number of piperidine rings is 1. The molecule has 0 aliphatic carbocycles. The van der Waals surface area contributed by atoms with Gasteiger partial charge in [0.25, 0.3) is 0 Å². The van der Waals surface area contributed by atoms with Gasteiger partial charge in [0.2, 0.25) is 35.4 Å². The topological polar surface area (TPSA) is 220 Å². The first kappa shape index (κ1) is 60.4. The van der Waals surface area contributed by atoms with E-state index in [0.717, 1.165) is 58.0 Å². The number of nitrogens with two attached hydrogens (primary N) is 3. The van der Waals surface area contributed by atoms with E-state index in [0.29, 0.717) is 69.6 Å². The van der Waals surface area contributed by atoms with Gasteiger partial charge in [-0.3, -0.25) is 33.8 Å². The number of pyridine rings is 2. The molecule has 9 aromatic rings. The highest BCUT2D eigenvalue weighted by Crippen LogP contribution is 2.36. The fourth-order valence-electron chi connectivity index (χ4n) is 11.4. The summed E-state index contributed by atoms with van der Waals surface area (Å²) < 4.78 is 24.6. The van der Waals surface area contributed by atoms with Gasteiger partial charge >= 0.3 is 0 Å². The van der Waals surface area contributed by atoms with Gasteiger partial charge in [0.15, 0.2) is 0 Å². The molecule has 3 aliphatic rings. The summed E-state index contributed by atoms with van der Waals surface area (Å²) in [7, 11) is 3.62. The number of nitrogens with zero attached hydrogens (tertiary/aromatic N) is 7. The highest BCUT2D eigenvalue weighted by Gasteiger charge is 2.30. The van der Waals surface area contributed by atoms with Crippen LogP contribution in [0.1, 0.15) is 121 Å². The molecular formula is C70H74N10O7. The first-order valence-electron chi connectivity index (χ1n) is 29.5. The number of rotatable bonds is 19. The largest absolute Gasteiger partial charge is 0.480 e. The Hall–Kier alpha value is -9.68. The molecule has 17 heteroatoms. The van der Waals surface area contributed by atoms with Gasteiger partial charge in [0.1, 0.15) is 23.0 Å². The van der Waals surface area contributed by atoms with Gasteiger partial charge in [0, 0.05) is 75.4 Å². The van der Waals surface area contributed by atoms with Crippen molar-refractivity contribution in [2.24, 2.45) is 24.2 Å². The van der Waals surface area contributed by atoms with Crippen molar-refractivity contribution in [3.63, 3.8) is 0 Å². The zero-order valence-corrected chi connectivity index (χ0v) is 49.2. The number of likely N-dealkylation sites (tertiary alicyclic amines) is 3. The van der Waals surface area contributed by atoms with Crippen molar-refractivity contribution in [2.45, 2.75) is 76.2 Å². The van der Waals surface area contributed by atoms with Gasteiger partial charge in [-0.2, -0.15) is 0 Å². The van der Waals surface area contributed by atoms with Crippen LogP contribution in [0.15, 0.2) is 200 Å². The molecule has 17 nitrogen and oxygen atoms in total. The summed E-state index contributed by atoms with van der Waals surface area (Å²) in [6, 6.07) is 62.0. The second kappa shape index (κ2) is 29.4. The van der Waals surface area contributed by atoms with Crippen LogP contribution < -0.4 is 36.1 Å². The lowest BCUT2D eigenvalue weighted by Gasteiger charge is -2.36. The highest BCUT2D eigenvalue weighted by molar-refractivity contribution is 5.93. The van der Waals surface area contributed by atoms with Crippen LogP contribution in [0.3, 0.4) is 0 Å². The third-order valence-electron chi connectivity index (χ3n) is 16.0. The summed E-state index contributed by atoms with van der Waals surface area (Å²) in [5.74, 6) is 3.54. The molecule has 3 atom stereocenters. The third-order valence-corrected chi connectivity index (χ3v) is 16.0. The summed E-state index contributed by atoms with van der Waals surface area (Å²) in [5, 5.41) is 4.41. The lowest BCUT2D eigenvalue weighted by molar-refractivity contribution is 0.0991. The predicted molar refractivity (Wildman–Crippen MR) is 335 cm³/mol. The maximum Gasteiger partial charge on any atom is 0.250 e. The molecule has 12 rings (SSSR count). The molecule has 3 saturated heterocycles. The van der Waals surface area contributed by atoms with E-state index in [1.54, 1.807) is 55.6 Å². The van der Waals surface area contributed by atoms with Gasteiger partial charge in [-0.1, -0.05) is 103 Å². The molecule has 0 spiro atoms. The van der Waals surface area contributed by atoms with Crippen LogP contribution in [-0.2, 0) is 26.7 Å². The Morgan fingerprint density at radius 2 is 0.931 bits per heavy atom. The van der Waals surface area contributed by atoms with E-state index >= 15 is 0 Å². The molecule has 0 saturated carbocycles. The van der Waals surface area contributed by atoms with Crippen molar-refractivity contribution in [1.82, 2.24) is 34.4 Å². The van der Waals surface area contributed by atoms with Gasteiger partial charge < -0.3 is 36.1 Å². The van der Waals surface area contributed by atoms with Gasteiger partial charge in [0.05, 0.1) is 30.0 Å². The van der Waals surface area contributed by atoms with Crippen LogP contribution >= 0.6 is 0 Å². The second-order valence-electron chi connectivity index (χ2n) is 22.0. The zero-order chi connectivity index (χ0) is 60.5. The van der Waals surface area contributed by atoms with E-state index in [4.69, 9.17) is 36.1 Å². The lowest BCUT2D eigenvalue weighted by atomic mass is 9.95. The monoisotopic (exact) mass is 1170 g/mol. The standard InChI is InChI=1S/C24H25N3O2.C23H26N4O3.C23H23N3O2/c25-24(28)20-11-14-23(26-16-20)29-21-12-9-18(10-13-21)17-27-15-5-4-8-22(27)19-6-2-1-3-7-19;1-26-21(14-22(25-26)29-2)20-4-3-13-27(20)15-16-5-9-18(10-6-16)30-19-11-7-17(8-12-19)23(24)28;24-23(27)19-8-11-22(25-14-19)28-21-9-6-17(7-10-21)15-26-13-12-20(16-26)18-4-2-1-3-5-18/h1-3,6-7,9-14,16,22H,4-5,8,15,17H2,(H2,25,28);5-12,14,20H,3-4,13,15H2,1-2H3,(H2,24,28);1-11,14,20H,12-13,15-16H2,(H2,24,27). The number of aryl methyl sites for hydroxylation is 1. The number of carbonyl (C=O) groups is 3.